The van der Waals surface area contributed by atoms with Crippen LogP contribution in [0.3, 0.4) is 0 Å². The van der Waals surface area contributed by atoms with E-state index in [2.05, 4.69) is 34.5 Å². The van der Waals surface area contributed by atoms with Crippen molar-refractivity contribution in [3.63, 3.8) is 0 Å². The molecular weight excluding hydrogens is 212 g/mol. The summed E-state index contributed by atoms with van der Waals surface area (Å²) >= 11 is 0. The summed E-state index contributed by atoms with van der Waals surface area (Å²) in [6.45, 7) is 6.43. The van der Waals surface area contributed by atoms with Crippen LogP contribution in [0.2, 0.25) is 0 Å². The van der Waals surface area contributed by atoms with Crippen molar-refractivity contribution in [3.05, 3.63) is 22.9 Å². The maximum absolute atomic E-state index is 4.57. The Balaban J connectivity index is 1.92. The molecular formula is C13H18N4. The number of hydrogen-bond acceptors (Lipinski definition) is 4. The Kier molecular flexibility index (Phi) is 2.50. The van der Waals surface area contributed by atoms with Crippen molar-refractivity contribution in [1.82, 2.24) is 10.4 Å². The zero-order valence-corrected chi connectivity index (χ0v) is 10.4. The van der Waals surface area contributed by atoms with Crippen LogP contribution in [0.25, 0.3) is 0 Å². The minimum Gasteiger partial charge on any atom is -0.293 e. The van der Waals surface area contributed by atoms with Crippen molar-refractivity contribution in [2.45, 2.75) is 26.7 Å². The van der Waals surface area contributed by atoms with Gasteiger partial charge >= 0.3 is 0 Å². The van der Waals surface area contributed by atoms with E-state index in [0.717, 1.165) is 25.9 Å². The topological polar surface area (TPSA) is 40.0 Å². The van der Waals surface area contributed by atoms with Gasteiger partial charge in [0.2, 0.25) is 0 Å². The average Bonchev–Trinajstić information content (AvgIpc) is 2.60. The molecule has 1 aliphatic carbocycles. The molecule has 0 saturated carbocycles. The highest BCUT2D eigenvalue weighted by molar-refractivity contribution is 6.13. The van der Waals surface area contributed by atoms with Gasteiger partial charge in [-0.25, -0.2) is 0 Å². The van der Waals surface area contributed by atoms with Crippen LogP contribution in [0.15, 0.2) is 33.1 Å². The second-order valence-electron chi connectivity index (χ2n) is 5.25. The zero-order valence-electron chi connectivity index (χ0n) is 10.4. The number of nitrogens with one attached hydrogen (secondary N) is 1. The lowest BCUT2D eigenvalue weighted by Gasteiger charge is -2.20. The number of hydrogen-bond donors (Lipinski definition) is 1. The molecule has 2 heterocycles. The number of rotatable bonds is 2. The lowest BCUT2D eigenvalue weighted by atomic mass is 10.0. The molecule has 2 aliphatic heterocycles. The molecule has 0 saturated heterocycles. The smallest absolute Gasteiger partial charge is 0.0689 e. The van der Waals surface area contributed by atoms with E-state index in [1.54, 1.807) is 0 Å². The predicted molar refractivity (Wildman–Crippen MR) is 69.8 cm³/mol. The van der Waals surface area contributed by atoms with Crippen LogP contribution in [-0.4, -0.2) is 30.0 Å². The van der Waals surface area contributed by atoms with Gasteiger partial charge in [-0.2, -0.15) is 10.2 Å². The summed E-state index contributed by atoms with van der Waals surface area (Å²) in [5, 5.41) is 11.1. The molecule has 0 aromatic rings. The van der Waals surface area contributed by atoms with Crippen molar-refractivity contribution in [2.24, 2.45) is 16.1 Å². The first-order valence-electron chi connectivity index (χ1n) is 6.28. The van der Waals surface area contributed by atoms with Crippen molar-refractivity contribution in [3.8, 4) is 0 Å². The Bertz CT molecular complexity index is 454. The number of allylic oxidation sites excluding steroid dienone is 2. The lowest BCUT2D eigenvalue weighted by Crippen LogP contribution is -2.24. The molecule has 0 unspecified atom stereocenters. The van der Waals surface area contributed by atoms with Crippen LogP contribution >= 0.6 is 0 Å². The third-order valence-electron chi connectivity index (χ3n) is 3.32. The summed E-state index contributed by atoms with van der Waals surface area (Å²) in [7, 11) is 0. The summed E-state index contributed by atoms with van der Waals surface area (Å²) < 4.78 is 0. The van der Waals surface area contributed by atoms with E-state index in [0.29, 0.717) is 5.92 Å². The fourth-order valence-corrected chi connectivity index (χ4v) is 2.66. The van der Waals surface area contributed by atoms with Crippen molar-refractivity contribution < 1.29 is 0 Å². The van der Waals surface area contributed by atoms with E-state index in [-0.39, 0.29) is 0 Å². The fraction of sp³-hybridized carbons (Fsp3) is 0.538. The van der Waals surface area contributed by atoms with Crippen LogP contribution in [0.5, 0.6) is 0 Å². The monoisotopic (exact) mass is 230 g/mol. The Morgan fingerprint density at radius 1 is 1.41 bits per heavy atom. The number of nitrogens with zero attached hydrogens (tertiary/aromatic N) is 3. The molecule has 4 heteroatoms. The molecule has 0 atom stereocenters. The Morgan fingerprint density at radius 3 is 3.12 bits per heavy atom. The fourth-order valence-electron chi connectivity index (χ4n) is 2.66. The average molecular weight is 230 g/mol. The third-order valence-corrected chi connectivity index (χ3v) is 3.32. The van der Waals surface area contributed by atoms with Gasteiger partial charge in [0.05, 0.1) is 18.5 Å². The van der Waals surface area contributed by atoms with E-state index in [1.807, 2.05) is 12.4 Å². The highest BCUT2D eigenvalue weighted by atomic mass is 15.4. The highest BCUT2D eigenvalue weighted by Gasteiger charge is 2.28. The second kappa shape index (κ2) is 4.02. The van der Waals surface area contributed by atoms with E-state index < -0.39 is 0 Å². The third kappa shape index (κ3) is 1.88. The van der Waals surface area contributed by atoms with E-state index >= 15 is 0 Å². The SMILES string of the molecule is CC(C)CN1CC2=C3C(=CNN=C3CC2)C=N1. The van der Waals surface area contributed by atoms with Gasteiger partial charge in [-0.05, 0) is 24.3 Å². The first kappa shape index (κ1) is 10.6. The molecule has 0 aromatic carbocycles. The zero-order chi connectivity index (χ0) is 11.8. The van der Waals surface area contributed by atoms with Crippen LogP contribution < -0.4 is 5.43 Å². The Morgan fingerprint density at radius 2 is 2.29 bits per heavy atom. The summed E-state index contributed by atoms with van der Waals surface area (Å²) in [5.74, 6) is 0.638. The largest absolute Gasteiger partial charge is 0.293 e. The second-order valence-corrected chi connectivity index (χ2v) is 5.25. The molecule has 4 nitrogen and oxygen atoms in total. The molecule has 3 rings (SSSR count). The van der Waals surface area contributed by atoms with Crippen molar-refractivity contribution in [1.29, 1.82) is 0 Å². The first-order valence-corrected chi connectivity index (χ1v) is 6.28. The standard InChI is InChI=1S/C13H18N4/c1-9(2)7-17-8-10-3-4-12-13(10)11(6-15-17)5-14-16-12/h5-6,9,14H,3-4,7-8H2,1-2H3. The Labute approximate surface area is 102 Å². The summed E-state index contributed by atoms with van der Waals surface area (Å²) in [4.78, 5) is 0. The molecule has 0 aromatic heterocycles. The molecule has 0 fully saturated rings. The first-order chi connectivity index (χ1) is 8.24. The van der Waals surface area contributed by atoms with Gasteiger partial charge < -0.3 is 0 Å². The van der Waals surface area contributed by atoms with Crippen molar-refractivity contribution >= 4 is 11.9 Å². The summed E-state index contributed by atoms with van der Waals surface area (Å²) in [5.41, 5.74) is 8.21. The van der Waals surface area contributed by atoms with E-state index in [9.17, 15) is 0 Å². The van der Waals surface area contributed by atoms with Crippen LogP contribution in [-0.2, 0) is 0 Å². The molecule has 3 aliphatic rings. The molecule has 0 radical (unpaired) electrons. The minimum absolute atomic E-state index is 0.638. The van der Waals surface area contributed by atoms with Gasteiger partial charge in [0.25, 0.3) is 0 Å². The predicted octanol–water partition coefficient (Wildman–Crippen LogP) is 1.88. The molecule has 17 heavy (non-hydrogen) atoms. The molecule has 0 spiro atoms. The van der Waals surface area contributed by atoms with Gasteiger partial charge in [0.15, 0.2) is 0 Å². The van der Waals surface area contributed by atoms with Crippen LogP contribution in [0.1, 0.15) is 26.7 Å². The molecule has 1 N–H and O–H groups in total. The lowest BCUT2D eigenvalue weighted by molar-refractivity contribution is 0.277. The minimum atomic E-state index is 0.638. The van der Waals surface area contributed by atoms with E-state index in [1.165, 1.54) is 22.4 Å². The maximum atomic E-state index is 4.57. The number of hydrazone groups is 2. The Hall–Kier alpha value is -1.58. The maximum Gasteiger partial charge on any atom is 0.0689 e. The molecule has 0 amide bonds. The van der Waals surface area contributed by atoms with Crippen LogP contribution in [0, 0.1) is 5.92 Å². The van der Waals surface area contributed by atoms with Gasteiger partial charge in [0, 0.05) is 23.9 Å². The molecule has 0 bridgehead atoms. The highest BCUT2D eigenvalue weighted by Crippen LogP contribution is 2.32. The van der Waals surface area contributed by atoms with Crippen molar-refractivity contribution in [2.75, 3.05) is 13.1 Å². The summed E-state index contributed by atoms with van der Waals surface area (Å²) in [6, 6.07) is 0. The quantitative estimate of drug-likeness (QED) is 0.786. The normalized spacial score (nSPS) is 22.2. The van der Waals surface area contributed by atoms with Gasteiger partial charge in [0.1, 0.15) is 0 Å². The summed E-state index contributed by atoms with van der Waals surface area (Å²) in [6.07, 6.45) is 6.12. The van der Waals surface area contributed by atoms with Crippen LogP contribution in [0.4, 0.5) is 0 Å². The van der Waals surface area contributed by atoms with Gasteiger partial charge in [-0.3, -0.25) is 10.4 Å². The van der Waals surface area contributed by atoms with Gasteiger partial charge in [-0.1, -0.05) is 13.8 Å². The van der Waals surface area contributed by atoms with Gasteiger partial charge in [-0.15, -0.1) is 0 Å². The molecule has 90 valence electrons. The van der Waals surface area contributed by atoms with E-state index in [4.69, 9.17) is 0 Å².